The Morgan fingerprint density at radius 2 is 1.95 bits per heavy atom. The number of aryl methyl sites for hydroxylation is 1. The van der Waals surface area contributed by atoms with E-state index in [-0.39, 0.29) is 5.91 Å². The zero-order valence-electron chi connectivity index (χ0n) is 10.9. The van der Waals surface area contributed by atoms with Gasteiger partial charge in [-0.05, 0) is 19.1 Å². The van der Waals surface area contributed by atoms with Gasteiger partial charge < -0.3 is 4.42 Å². The van der Waals surface area contributed by atoms with E-state index in [1.807, 2.05) is 49.4 Å². The number of furan rings is 1. The molecule has 0 bridgehead atoms. The first-order chi connectivity index (χ1) is 9.74. The molecule has 0 fully saturated rings. The highest BCUT2D eigenvalue weighted by Gasteiger charge is 2.22. The number of benzene rings is 2. The summed E-state index contributed by atoms with van der Waals surface area (Å²) in [5.41, 5.74) is 1.72. The first kappa shape index (κ1) is 11.2. The molecule has 4 rings (SSSR count). The standard InChI is InChI=1S/C17H11NO2/c1-10-6-7-12-11(8-10)9-20-16(12)15-13-4-2-3-5-14(13)18-17(15)19/h2-9H,1H3. The number of rotatable bonds is 1. The number of fused-ring (bicyclic) bond motifs is 2. The van der Waals surface area contributed by atoms with Crippen molar-refractivity contribution < 1.29 is 9.21 Å². The Labute approximate surface area is 114 Å². The van der Waals surface area contributed by atoms with Crippen molar-refractivity contribution in [3.8, 4) is 0 Å². The predicted octanol–water partition coefficient (Wildman–Crippen LogP) is 2.10. The van der Waals surface area contributed by atoms with Crippen LogP contribution in [0.5, 0.6) is 0 Å². The molecule has 0 saturated heterocycles. The summed E-state index contributed by atoms with van der Waals surface area (Å²) in [5.74, 6) is 0.377. The van der Waals surface area contributed by atoms with Gasteiger partial charge >= 0.3 is 0 Å². The molecule has 2 heterocycles. The van der Waals surface area contributed by atoms with Crippen LogP contribution in [0.4, 0.5) is 0 Å². The second kappa shape index (κ2) is 3.90. The summed E-state index contributed by atoms with van der Waals surface area (Å²) in [6.07, 6.45) is 1.69. The van der Waals surface area contributed by atoms with E-state index in [4.69, 9.17) is 4.42 Å². The molecule has 0 unspecified atom stereocenters. The number of carbonyl (C=O) groups is 1. The highest BCUT2D eigenvalue weighted by molar-refractivity contribution is 6.22. The summed E-state index contributed by atoms with van der Waals surface area (Å²) in [5, 5.41) is 3.51. The maximum absolute atomic E-state index is 12.2. The lowest BCUT2D eigenvalue weighted by Crippen LogP contribution is -2.22. The molecule has 20 heavy (non-hydrogen) atoms. The van der Waals surface area contributed by atoms with Crippen LogP contribution in [0.1, 0.15) is 11.3 Å². The third-order valence-electron chi connectivity index (χ3n) is 3.59. The van der Waals surface area contributed by atoms with Gasteiger partial charge in [0.25, 0.3) is 5.91 Å². The molecule has 3 heteroatoms. The Hall–Kier alpha value is -2.68. The summed E-state index contributed by atoms with van der Waals surface area (Å²) < 4.78 is 5.66. The summed E-state index contributed by atoms with van der Waals surface area (Å²) in [7, 11) is 0. The maximum Gasteiger partial charge on any atom is 0.282 e. The van der Waals surface area contributed by atoms with E-state index in [9.17, 15) is 4.79 Å². The number of nitrogens with zero attached hydrogens (tertiary/aromatic N) is 1. The maximum atomic E-state index is 12.2. The highest BCUT2D eigenvalue weighted by Crippen LogP contribution is 2.27. The minimum Gasteiger partial charge on any atom is -0.463 e. The Kier molecular flexibility index (Phi) is 2.18. The monoisotopic (exact) mass is 261 g/mol. The molecule has 1 amide bonds. The normalized spacial score (nSPS) is 13.7. The average Bonchev–Trinajstić information content (AvgIpc) is 2.97. The van der Waals surface area contributed by atoms with E-state index in [1.54, 1.807) is 6.26 Å². The van der Waals surface area contributed by atoms with E-state index in [1.165, 1.54) is 0 Å². The van der Waals surface area contributed by atoms with E-state index < -0.39 is 0 Å². The molecule has 0 aliphatic carbocycles. The van der Waals surface area contributed by atoms with Crippen molar-refractivity contribution in [2.45, 2.75) is 6.92 Å². The molecule has 96 valence electrons. The molecule has 0 spiro atoms. The lowest BCUT2D eigenvalue weighted by atomic mass is 10.0. The Morgan fingerprint density at radius 3 is 2.85 bits per heavy atom. The van der Waals surface area contributed by atoms with Crippen LogP contribution in [-0.4, -0.2) is 5.91 Å². The smallest absolute Gasteiger partial charge is 0.282 e. The Bertz CT molecular complexity index is 980. The van der Waals surface area contributed by atoms with Crippen molar-refractivity contribution in [3.63, 3.8) is 0 Å². The van der Waals surface area contributed by atoms with Crippen molar-refractivity contribution in [2.75, 3.05) is 0 Å². The fourth-order valence-electron chi connectivity index (χ4n) is 2.65. The summed E-state index contributed by atoms with van der Waals surface area (Å²) in [6.45, 7) is 2.03. The molecule has 1 aromatic heterocycles. The molecule has 3 nitrogen and oxygen atoms in total. The van der Waals surface area contributed by atoms with Crippen LogP contribution < -0.4 is 10.6 Å². The highest BCUT2D eigenvalue weighted by atomic mass is 16.3. The van der Waals surface area contributed by atoms with Gasteiger partial charge in [-0.15, -0.1) is 0 Å². The first-order valence-electron chi connectivity index (χ1n) is 6.45. The van der Waals surface area contributed by atoms with E-state index in [0.29, 0.717) is 16.7 Å². The van der Waals surface area contributed by atoms with Crippen LogP contribution in [0.25, 0.3) is 16.3 Å². The Morgan fingerprint density at radius 1 is 1.10 bits per heavy atom. The third kappa shape index (κ3) is 1.46. The van der Waals surface area contributed by atoms with Crippen LogP contribution in [0.3, 0.4) is 0 Å². The average molecular weight is 261 g/mol. The van der Waals surface area contributed by atoms with Gasteiger partial charge in [-0.2, -0.15) is 0 Å². The molecule has 1 aliphatic heterocycles. The van der Waals surface area contributed by atoms with Gasteiger partial charge in [-0.25, -0.2) is 4.99 Å². The van der Waals surface area contributed by atoms with Crippen LogP contribution in [0, 0.1) is 6.92 Å². The molecule has 2 aromatic carbocycles. The molecule has 0 radical (unpaired) electrons. The number of para-hydroxylation sites is 1. The van der Waals surface area contributed by atoms with Crippen molar-refractivity contribution in [1.29, 1.82) is 0 Å². The largest absolute Gasteiger partial charge is 0.463 e. The van der Waals surface area contributed by atoms with Gasteiger partial charge in [0, 0.05) is 16.0 Å². The first-order valence-corrected chi connectivity index (χ1v) is 6.45. The quantitative estimate of drug-likeness (QED) is 0.673. The van der Waals surface area contributed by atoms with Crippen molar-refractivity contribution in [2.24, 2.45) is 4.99 Å². The zero-order chi connectivity index (χ0) is 13.7. The number of carbonyl (C=O) groups excluding carboxylic acids is 1. The Balaban J connectivity index is 2.11. The van der Waals surface area contributed by atoms with Crippen LogP contribution >= 0.6 is 0 Å². The SMILES string of the molecule is Cc1ccc2c(C3=c4ccccc4=NC3=O)occ2c1. The summed E-state index contributed by atoms with van der Waals surface area (Å²) >= 11 is 0. The van der Waals surface area contributed by atoms with E-state index in [2.05, 4.69) is 4.99 Å². The fourth-order valence-corrected chi connectivity index (χ4v) is 2.65. The summed E-state index contributed by atoms with van der Waals surface area (Å²) in [4.78, 5) is 16.3. The number of hydrogen-bond donors (Lipinski definition) is 0. The molecular weight excluding hydrogens is 250 g/mol. The minimum absolute atomic E-state index is 0.233. The van der Waals surface area contributed by atoms with E-state index >= 15 is 0 Å². The lowest BCUT2D eigenvalue weighted by Gasteiger charge is -1.97. The van der Waals surface area contributed by atoms with Crippen LogP contribution in [-0.2, 0) is 4.79 Å². The van der Waals surface area contributed by atoms with Gasteiger partial charge in [-0.1, -0.05) is 35.9 Å². The fraction of sp³-hybridized carbons (Fsp3) is 0.0588. The van der Waals surface area contributed by atoms with Crippen molar-refractivity contribution in [3.05, 3.63) is 70.6 Å². The van der Waals surface area contributed by atoms with Gasteiger partial charge in [-0.3, -0.25) is 4.79 Å². The zero-order valence-corrected chi connectivity index (χ0v) is 10.9. The third-order valence-corrected chi connectivity index (χ3v) is 3.59. The van der Waals surface area contributed by atoms with E-state index in [0.717, 1.165) is 21.6 Å². The van der Waals surface area contributed by atoms with Gasteiger partial charge in [0.05, 0.1) is 17.2 Å². The van der Waals surface area contributed by atoms with Gasteiger partial charge in [0.1, 0.15) is 5.76 Å². The number of amides is 1. The van der Waals surface area contributed by atoms with Crippen LogP contribution in [0.2, 0.25) is 0 Å². The molecule has 0 saturated carbocycles. The number of hydrogen-bond acceptors (Lipinski definition) is 2. The molecule has 3 aromatic rings. The van der Waals surface area contributed by atoms with Crippen molar-refractivity contribution >= 4 is 22.3 Å². The van der Waals surface area contributed by atoms with Gasteiger partial charge in [0.15, 0.2) is 0 Å². The molecule has 0 atom stereocenters. The second-order valence-corrected chi connectivity index (χ2v) is 4.96. The van der Waals surface area contributed by atoms with Gasteiger partial charge in [0.2, 0.25) is 0 Å². The molecule has 1 aliphatic rings. The van der Waals surface area contributed by atoms with Crippen molar-refractivity contribution in [1.82, 2.24) is 0 Å². The molecule has 0 N–H and O–H groups in total. The van der Waals surface area contributed by atoms with Crippen LogP contribution in [0.15, 0.2) is 58.1 Å². The second-order valence-electron chi connectivity index (χ2n) is 4.96. The minimum atomic E-state index is -0.233. The summed E-state index contributed by atoms with van der Waals surface area (Å²) in [6, 6.07) is 13.6. The predicted molar refractivity (Wildman–Crippen MR) is 75.7 cm³/mol. The lowest BCUT2D eigenvalue weighted by molar-refractivity contribution is -0.112. The topological polar surface area (TPSA) is 42.6 Å². The molecular formula is C17H11NO2.